The molecule has 2 heterocycles. The van der Waals surface area contributed by atoms with Crippen molar-refractivity contribution in [3.05, 3.63) is 57.4 Å². The Morgan fingerprint density at radius 3 is 3.09 bits per heavy atom. The molecule has 1 aromatic carbocycles. The van der Waals surface area contributed by atoms with Crippen LogP contribution in [0.5, 0.6) is 0 Å². The number of benzene rings is 1. The molecule has 4 rings (SSSR count). The first-order chi connectivity index (χ1) is 10.7. The molecule has 0 bridgehead atoms. The fraction of sp³-hybridized carbons (Fsp3) is 0.143. The third-order valence-electron chi connectivity index (χ3n) is 3.69. The van der Waals surface area contributed by atoms with Gasteiger partial charge in [-0.2, -0.15) is 4.52 Å². The van der Waals surface area contributed by atoms with Crippen molar-refractivity contribution in [2.75, 3.05) is 0 Å². The van der Waals surface area contributed by atoms with Crippen LogP contribution in [0.4, 0.5) is 5.69 Å². The molecule has 8 heteroatoms. The molecule has 2 aromatic heterocycles. The zero-order valence-electron chi connectivity index (χ0n) is 11.4. The van der Waals surface area contributed by atoms with E-state index in [1.54, 1.807) is 22.8 Å². The van der Waals surface area contributed by atoms with E-state index in [2.05, 4.69) is 20.5 Å². The molecule has 0 spiro atoms. The molecule has 0 radical (unpaired) electrons. The van der Waals surface area contributed by atoms with Crippen molar-refractivity contribution in [3.63, 3.8) is 0 Å². The molecule has 0 saturated heterocycles. The van der Waals surface area contributed by atoms with Gasteiger partial charge in [0.1, 0.15) is 0 Å². The number of non-ortho nitro benzene ring substituents is 1. The summed E-state index contributed by atoms with van der Waals surface area (Å²) in [6, 6.07) is 6.56. The van der Waals surface area contributed by atoms with Crippen molar-refractivity contribution in [1.29, 1.82) is 0 Å². The zero-order chi connectivity index (χ0) is 15.1. The van der Waals surface area contributed by atoms with Gasteiger partial charge in [0.2, 0.25) is 0 Å². The van der Waals surface area contributed by atoms with Crippen LogP contribution in [0.2, 0.25) is 0 Å². The van der Waals surface area contributed by atoms with Crippen LogP contribution in [0, 0.1) is 10.1 Å². The molecule has 0 amide bonds. The van der Waals surface area contributed by atoms with Gasteiger partial charge in [-0.15, -0.1) is 0 Å². The highest BCUT2D eigenvalue weighted by atomic mass is 16.6. The summed E-state index contributed by atoms with van der Waals surface area (Å²) in [5, 5.41) is 22.3. The first-order valence-corrected chi connectivity index (χ1v) is 6.74. The van der Waals surface area contributed by atoms with Crippen molar-refractivity contribution in [2.45, 2.75) is 12.8 Å². The average molecular weight is 294 g/mol. The third-order valence-corrected chi connectivity index (χ3v) is 3.69. The van der Waals surface area contributed by atoms with Gasteiger partial charge in [0.25, 0.3) is 11.5 Å². The molecule has 0 fully saturated rings. The van der Waals surface area contributed by atoms with Crippen LogP contribution in [0.25, 0.3) is 17.4 Å². The summed E-state index contributed by atoms with van der Waals surface area (Å²) in [4.78, 5) is 14.7. The summed E-state index contributed by atoms with van der Waals surface area (Å²) in [6.07, 6.45) is 5.42. The first-order valence-electron chi connectivity index (χ1n) is 6.74. The number of allylic oxidation sites excluding steroid dienone is 1. The van der Waals surface area contributed by atoms with E-state index in [1.807, 2.05) is 12.1 Å². The fourth-order valence-corrected chi connectivity index (χ4v) is 2.72. The van der Waals surface area contributed by atoms with Crippen LogP contribution in [0.3, 0.4) is 0 Å². The highest BCUT2D eigenvalue weighted by Gasteiger charge is 2.21. The number of aryl methyl sites for hydroxylation is 1. The van der Waals surface area contributed by atoms with Gasteiger partial charge in [0.15, 0.2) is 0 Å². The van der Waals surface area contributed by atoms with Gasteiger partial charge in [0.05, 0.1) is 10.6 Å². The van der Waals surface area contributed by atoms with Gasteiger partial charge in [0, 0.05) is 18.3 Å². The first kappa shape index (κ1) is 12.6. The number of rotatable bonds is 2. The van der Waals surface area contributed by atoms with Crippen LogP contribution in [-0.4, -0.2) is 29.9 Å². The van der Waals surface area contributed by atoms with Gasteiger partial charge >= 0.3 is 0 Å². The Hall–Kier alpha value is -3.16. The van der Waals surface area contributed by atoms with E-state index >= 15 is 0 Å². The number of hydrogen-bond acceptors (Lipinski definition) is 6. The molecular weight excluding hydrogens is 284 g/mol. The SMILES string of the molecule is O=[N+]([O-])c1cccc(C=C2CCc3cnc4nnnn4c32)c1. The quantitative estimate of drug-likeness (QED) is 0.529. The molecular formula is C14H10N6O2. The fourth-order valence-electron chi connectivity index (χ4n) is 2.72. The smallest absolute Gasteiger partial charge is 0.258 e. The predicted octanol–water partition coefficient (Wildman–Crippen LogP) is 1.91. The Kier molecular flexibility index (Phi) is 2.68. The molecule has 0 atom stereocenters. The Balaban J connectivity index is 1.84. The highest BCUT2D eigenvalue weighted by molar-refractivity contribution is 5.84. The summed E-state index contributed by atoms with van der Waals surface area (Å²) in [5.74, 6) is 0.450. The van der Waals surface area contributed by atoms with Crippen molar-refractivity contribution in [1.82, 2.24) is 25.0 Å². The molecule has 0 aliphatic heterocycles. The summed E-state index contributed by atoms with van der Waals surface area (Å²) in [7, 11) is 0. The second-order valence-electron chi connectivity index (χ2n) is 5.04. The Bertz CT molecular complexity index is 930. The van der Waals surface area contributed by atoms with E-state index in [9.17, 15) is 10.1 Å². The lowest BCUT2D eigenvalue weighted by atomic mass is 10.1. The summed E-state index contributed by atoms with van der Waals surface area (Å²) < 4.78 is 1.62. The number of hydrogen-bond donors (Lipinski definition) is 0. The summed E-state index contributed by atoms with van der Waals surface area (Å²) in [5.41, 5.74) is 3.93. The molecule has 3 aromatic rings. The number of nitro benzene ring substituents is 1. The average Bonchev–Trinajstić information content (AvgIpc) is 3.13. The minimum Gasteiger partial charge on any atom is -0.258 e. The second kappa shape index (κ2) is 4.69. The highest BCUT2D eigenvalue weighted by Crippen LogP contribution is 2.33. The van der Waals surface area contributed by atoms with E-state index in [1.165, 1.54) is 6.07 Å². The number of aromatic nitrogens is 5. The number of tetrazole rings is 1. The Morgan fingerprint density at radius 2 is 2.23 bits per heavy atom. The lowest BCUT2D eigenvalue weighted by Gasteiger charge is -2.03. The molecule has 0 unspecified atom stereocenters. The monoisotopic (exact) mass is 294 g/mol. The Labute approximate surface area is 124 Å². The van der Waals surface area contributed by atoms with E-state index in [0.29, 0.717) is 5.78 Å². The molecule has 0 saturated carbocycles. The number of fused-ring (bicyclic) bond motifs is 3. The summed E-state index contributed by atoms with van der Waals surface area (Å²) in [6.45, 7) is 0. The summed E-state index contributed by atoms with van der Waals surface area (Å²) >= 11 is 0. The van der Waals surface area contributed by atoms with Gasteiger partial charge in [-0.25, -0.2) is 4.98 Å². The standard InChI is InChI=1S/C14H10N6O2/c21-20(22)12-3-1-2-9(7-12)6-10-4-5-11-8-15-14-16-17-18-19(14)13(10)11/h1-3,6-8H,4-5H2. The molecule has 8 nitrogen and oxygen atoms in total. The topological polar surface area (TPSA) is 99.1 Å². The van der Waals surface area contributed by atoms with E-state index in [-0.39, 0.29) is 5.69 Å². The van der Waals surface area contributed by atoms with Gasteiger partial charge in [-0.3, -0.25) is 10.1 Å². The third kappa shape index (κ3) is 1.93. The minimum absolute atomic E-state index is 0.0786. The second-order valence-corrected chi connectivity index (χ2v) is 5.04. The molecule has 22 heavy (non-hydrogen) atoms. The maximum atomic E-state index is 10.9. The van der Waals surface area contributed by atoms with Crippen LogP contribution in [0.1, 0.15) is 23.2 Å². The Morgan fingerprint density at radius 1 is 1.32 bits per heavy atom. The van der Waals surface area contributed by atoms with Crippen LogP contribution >= 0.6 is 0 Å². The van der Waals surface area contributed by atoms with Gasteiger partial charge in [-0.05, 0) is 46.0 Å². The van der Waals surface area contributed by atoms with Crippen molar-refractivity contribution in [2.24, 2.45) is 0 Å². The van der Waals surface area contributed by atoms with Gasteiger partial charge < -0.3 is 0 Å². The van der Waals surface area contributed by atoms with E-state index in [4.69, 9.17) is 0 Å². The molecule has 1 aliphatic carbocycles. The molecule has 108 valence electrons. The lowest BCUT2D eigenvalue weighted by molar-refractivity contribution is -0.384. The molecule has 0 N–H and O–H groups in total. The normalized spacial score (nSPS) is 15.4. The van der Waals surface area contributed by atoms with E-state index < -0.39 is 4.92 Å². The van der Waals surface area contributed by atoms with E-state index in [0.717, 1.165) is 35.2 Å². The zero-order valence-corrected chi connectivity index (χ0v) is 11.4. The lowest BCUT2D eigenvalue weighted by Crippen LogP contribution is -1.99. The number of nitrogens with zero attached hydrogens (tertiary/aromatic N) is 6. The minimum atomic E-state index is -0.395. The van der Waals surface area contributed by atoms with Crippen LogP contribution in [0.15, 0.2) is 30.5 Å². The van der Waals surface area contributed by atoms with Crippen LogP contribution in [-0.2, 0) is 6.42 Å². The van der Waals surface area contributed by atoms with Crippen molar-refractivity contribution < 1.29 is 4.92 Å². The predicted molar refractivity (Wildman–Crippen MR) is 77.9 cm³/mol. The van der Waals surface area contributed by atoms with Gasteiger partial charge in [-0.1, -0.05) is 17.2 Å². The maximum absolute atomic E-state index is 10.9. The van der Waals surface area contributed by atoms with Crippen molar-refractivity contribution in [3.8, 4) is 0 Å². The number of nitro groups is 1. The maximum Gasteiger partial charge on any atom is 0.273 e. The largest absolute Gasteiger partial charge is 0.273 e. The van der Waals surface area contributed by atoms with Crippen molar-refractivity contribution >= 4 is 23.1 Å². The molecule has 1 aliphatic rings. The van der Waals surface area contributed by atoms with Crippen LogP contribution < -0.4 is 0 Å².